The van der Waals surface area contributed by atoms with E-state index in [-0.39, 0.29) is 11.0 Å². The summed E-state index contributed by atoms with van der Waals surface area (Å²) in [5.41, 5.74) is 5.97. The molecule has 0 bridgehead atoms. The molecule has 1 aromatic rings. The molecule has 1 saturated carbocycles. The zero-order valence-electron chi connectivity index (χ0n) is 8.93. The van der Waals surface area contributed by atoms with Crippen LogP contribution in [0.4, 0.5) is 5.69 Å². The topological polar surface area (TPSA) is 69.4 Å². The van der Waals surface area contributed by atoms with Crippen molar-refractivity contribution in [2.45, 2.75) is 36.7 Å². The van der Waals surface area contributed by atoms with Gasteiger partial charge in [0, 0.05) is 5.69 Å². The lowest BCUT2D eigenvalue weighted by Crippen LogP contribution is -2.15. The summed E-state index contributed by atoms with van der Waals surface area (Å²) in [7, 11) is -3.65. The second-order valence-electron chi connectivity index (χ2n) is 4.03. The first-order chi connectivity index (χ1) is 7.58. The molecular formula is C11H15NO3S. The zero-order chi connectivity index (χ0) is 11.6. The molecule has 0 spiro atoms. The van der Waals surface area contributed by atoms with Crippen LogP contribution in [0.2, 0.25) is 0 Å². The first-order valence-electron chi connectivity index (χ1n) is 5.37. The van der Waals surface area contributed by atoms with Gasteiger partial charge in [0.25, 0.3) is 10.1 Å². The van der Waals surface area contributed by atoms with Crippen molar-refractivity contribution in [1.82, 2.24) is 0 Å². The van der Waals surface area contributed by atoms with Crippen LogP contribution in [0.5, 0.6) is 0 Å². The third-order valence-electron chi connectivity index (χ3n) is 2.71. The number of hydrogen-bond donors (Lipinski definition) is 1. The Morgan fingerprint density at radius 2 is 1.94 bits per heavy atom. The van der Waals surface area contributed by atoms with Crippen molar-refractivity contribution in [1.29, 1.82) is 0 Å². The molecular weight excluding hydrogens is 226 g/mol. The second-order valence-corrected chi connectivity index (χ2v) is 5.60. The average Bonchev–Trinajstić information content (AvgIpc) is 2.70. The summed E-state index contributed by atoms with van der Waals surface area (Å²) in [5.74, 6) is 0. The highest BCUT2D eigenvalue weighted by atomic mass is 32.2. The summed E-state index contributed by atoms with van der Waals surface area (Å²) < 4.78 is 28.9. The highest BCUT2D eigenvalue weighted by molar-refractivity contribution is 7.86. The largest absolute Gasteiger partial charge is 0.399 e. The Morgan fingerprint density at radius 1 is 1.25 bits per heavy atom. The molecule has 0 atom stereocenters. The van der Waals surface area contributed by atoms with Crippen LogP contribution < -0.4 is 5.73 Å². The molecule has 5 heteroatoms. The molecule has 88 valence electrons. The minimum absolute atomic E-state index is 0.138. The molecule has 16 heavy (non-hydrogen) atoms. The highest BCUT2D eigenvalue weighted by Crippen LogP contribution is 2.25. The average molecular weight is 241 g/mol. The van der Waals surface area contributed by atoms with E-state index in [9.17, 15) is 8.42 Å². The van der Waals surface area contributed by atoms with Crippen molar-refractivity contribution in [3.8, 4) is 0 Å². The first-order valence-corrected chi connectivity index (χ1v) is 6.77. The van der Waals surface area contributed by atoms with E-state index in [0.717, 1.165) is 25.7 Å². The summed E-state index contributed by atoms with van der Waals surface area (Å²) in [6, 6.07) is 6.18. The predicted molar refractivity (Wildman–Crippen MR) is 61.4 cm³/mol. The van der Waals surface area contributed by atoms with E-state index in [0.29, 0.717) is 5.69 Å². The SMILES string of the molecule is Nc1cccc(S(=O)(=O)OC2CCCC2)c1. The zero-order valence-corrected chi connectivity index (χ0v) is 9.74. The number of anilines is 1. The van der Waals surface area contributed by atoms with E-state index in [1.54, 1.807) is 12.1 Å². The van der Waals surface area contributed by atoms with Gasteiger partial charge in [-0.1, -0.05) is 18.9 Å². The van der Waals surface area contributed by atoms with Gasteiger partial charge in [0.05, 0.1) is 11.0 Å². The molecule has 1 aliphatic rings. The van der Waals surface area contributed by atoms with E-state index in [2.05, 4.69) is 0 Å². The summed E-state index contributed by atoms with van der Waals surface area (Å²) in [5, 5.41) is 0. The Labute approximate surface area is 95.5 Å². The Hall–Kier alpha value is -1.07. The van der Waals surface area contributed by atoms with Crippen molar-refractivity contribution in [2.24, 2.45) is 0 Å². The van der Waals surface area contributed by atoms with Crippen LogP contribution in [-0.2, 0) is 14.3 Å². The van der Waals surface area contributed by atoms with Gasteiger partial charge in [0.1, 0.15) is 0 Å². The number of rotatable bonds is 3. The molecule has 1 aromatic carbocycles. The molecule has 4 nitrogen and oxygen atoms in total. The van der Waals surface area contributed by atoms with Crippen molar-refractivity contribution >= 4 is 15.8 Å². The number of nitrogens with two attached hydrogens (primary N) is 1. The first kappa shape index (κ1) is 11.4. The number of hydrogen-bond acceptors (Lipinski definition) is 4. The smallest absolute Gasteiger partial charge is 0.297 e. The number of nitrogen functional groups attached to an aromatic ring is 1. The minimum atomic E-state index is -3.65. The molecule has 0 aromatic heterocycles. The molecule has 1 fully saturated rings. The Bertz CT molecular complexity index is 464. The van der Waals surface area contributed by atoms with Crippen molar-refractivity contribution in [3.63, 3.8) is 0 Å². The Balaban J connectivity index is 2.18. The Kier molecular flexibility index (Phi) is 3.16. The van der Waals surface area contributed by atoms with E-state index in [1.807, 2.05) is 0 Å². The van der Waals surface area contributed by atoms with Gasteiger partial charge in [0.15, 0.2) is 0 Å². The van der Waals surface area contributed by atoms with Crippen LogP contribution in [0.15, 0.2) is 29.2 Å². The summed E-state index contributed by atoms with van der Waals surface area (Å²) in [6.07, 6.45) is 3.56. The van der Waals surface area contributed by atoms with Gasteiger partial charge in [-0.25, -0.2) is 0 Å². The minimum Gasteiger partial charge on any atom is -0.399 e. The highest BCUT2D eigenvalue weighted by Gasteiger charge is 2.24. The van der Waals surface area contributed by atoms with Gasteiger partial charge < -0.3 is 5.73 Å². The second kappa shape index (κ2) is 4.43. The van der Waals surface area contributed by atoms with Crippen LogP contribution in [0.1, 0.15) is 25.7 Å². The lowest BCUT2D eigenvalue weighted by Gasteiger charge is -2.11. The predicted octanol–water partition coefficient (Wildman–Crippen LogP) is 1.92. The molecule has 0 radical (unpaired) electrons. The van der Waals surface area contributed by atoms with Gasteiger partial charge >= 0.3 is 0 Å². The van der Waals surface area contributed by atoms with Crippen LogP contribution >= 0.6 is 0 Å². The maximum Gasteiger partial charge on any atom is 0.297 e. The standard InChI is InChI=1S/C11H15NO3S/c12-9-4-3-7-11(8-9)16(13,14)15-10-5-1-2-6-10/h3-4,7-8,10H,1-2,5-6,12H2. The maximum atomic E-state index is 11.9. The summed E-state index contributed by atoms with van der Waals surface area (Å²) in [4.78, 5) is 0.138. The van der Waals surface area contributed by atoms with E-state index in [4.69, 9.17) is 9.92 Å². The maximum absolute atomic E-state index is 11.9. The van der Waals surface area contributed by atoms with Gasteiger partial charge in [-0.15, -0.1) is 0 Å². The van der Waals surface area contributed by atoms with Crippen molar-refractivity contribution in [3.05, 3.63) is 24.3 Å². The van der Waals surface area contributed by atoms with Crippen LogP contribution in [0.25, 0.3) is 0 Å². The van der Waals surface area contributed by atoms with Gasteiger partial charge in [-0.2, -0.15) is 8.42 Å². The van der Waals surface area contributed by atoms with Gasteiger partial charge in [-0.05, 0) is 31.0 Å². The molecule has 0 unspecified atom stereocenters. The quantitative estimate of drug-likeness (QED) is 0.648. The molecule has 0 aliphatic heterocycles. The number of benzene rings is 1. The molecule has 0 amide bonds. The fourth-order valence-corrected chi connectivity index (χ4v) is 3.08. The molecule has 2 N–H and O–H groups in total. The van der Waals surface area contributed by atoms with Crippen molar-refractivity contribution < 1.29 is 12.6 Å². The van der Waals surface area contributed by atoms with Crippen LogP contribution in [-0.4, -0.2) is 14.5 Å². The third-order valence-corrected chi connectivity index (χ3v) is 4.07. The lowest BCUT2D eigenvalue weighted by molar-refractivity contribution is 0.217. The fraction of sp³-hybridized carbons (Fsp3) is 0.455. The van der Waals surface area contributed by atoms with E-state index >= 15 is 0 Å². The van der Waals surface area contributed by atoms with E-state index in [1.165, 1.54) is 12.1 Å². The normalized spacial score (nSPS) is 17.8. The van der Waals surface area contributed by atoms with Gasteiger partial charge in [-0.3, -0.25) is 4.18 Å². The summed E-state index contributed by atoms with van der Waals surface area (Å²) in [6.45, 7) is 0. The van der Waals surface area contributed by atoms with Crippen LogP contribution in [0, 0.1) is 0 Å². The molecule has 1 aliphatic carbocycles. The monoisotopic (exact) mass is 241 g/mol. The fourth-order valence-electron chi connectivity index (χ4n) is 1.89. The Morgan fingerprint density at radius 3 is 2.56 bits per heavy atom. The van der Waals surface area contributed by atoms with Crippen LogP contribution in [0.3, 0.4) is 0 Å². The lowest BCUT2D eigenvalue weighted by atomic mass is 10.3. The van der Waals surface area contributed by atoms with E-state index < -0.39 is 10.1 Å². The third kappa shape index (κ3) is 2.54. The van der Waals surface area contributed by atoms with Crippen molar-refractivity contribution in [2.75, 3.05) is 5.73 Å². The molecule has 0 saturated heterocycles. The van der Waals surface area contributed by atoms with Gasteiger partial charge in [0.2, 0.25) is 0 Å². The summed E-state index contributed by atoms with van der Waals surface area (Å²) >= 11 is 0. The molecule has 2 rings (SSSR count). The molecule has 0 heterocycles.